The van der Waals surface area contributed by atoms with Gasteiger partial charge in [-0.2, -0.15) is 0 Å². The Bertz CT molecular complexity index is 657. The highest BCUT2D eigenvalue weighted by Crippen LogP contribution is 2.31. The molecule has 0 fully saturated rings. The third-order valence-electron chi connectivity index (χ3n) is 2.95. The molecule has 0 aliphatic heterocycles. The molecule has 0 aliphatic rings. The van der Waals surface area contributed by atoms with Gasteiger partial charge in [0.2, 0.25) is 5.91 Å². The lowest BCUT2D eigenvalue weighted by molar-refractivity contribution is -0.115. The van der Waals surface area contributed by atoms with E-state index in [1.54, 1.807) is 11.8 Å². The fourth-order valence-corrected chi connectivity index (χ4v) is 4.80. The summed E-state index contributed by atoms with van der Waals surface area (Å²) in [4.78, 5) is 12.3. The van der Waals surface area contributed by atoms with E-state index < -0.39 is 0 Å². The molecule has 1 aromatic heterocycles. The van der Waals surface area contributed by atoms with Crippen LogP contribution in [0.15, 0.2) is 26.9 Å². The molecule has 0 radical (unpaired) electrons. The lowest BCUT2D eigenvalue weighted by atomic mass is 10.1. The molecule has 0 bridgehead atoms. The second-order valence-corrected chi connectivity index (χ2v) is 8.91. The van der Waals surface area contributed by atoms with Crippen LogP contribution in [0.4, 0.5) is 5.69 Å². The Kier molecular flexibility index (Phi) is 6.28. The molecule has 2 aromatic rings. The number of rotatable bonds is 6. The first-order valence-corrected chi connectivity index (χ1v) is 9.69. The molecule has 0 aliphatic carbocycles. The molecule has 1 amide bonds. The number of aryl methyl sites for hydroxylation is 2. The maximum atomic E-state index is 12.3. The summed E-state index contributed by atoms with van der Waals surface area (Å²) in [6.07, 6.45) is 0. The number of amides is 1. The fraction of sp³-hybridized carbons (Fsp3) is 0.400. The van der Waals surface area contributed by atoms with Gasteiger partial charge in [-0.3, -0.25) is 4.79 Å². The zero-order valence-electron chi connectivity index (χ0n) is 13.0. The molecular weight excluding hydrogens is 334 g/mol. The minimum atomic E-state index is -0.215. The minimum absolute atomic E-state index is 0.0152. The standard InChI is InChI=1S/C15H19N3OS3/c1-5-20-14-17-18-15(22-14)21-11(4)13(19)16-12-8-9(2)6-7-10(12)3/h6-8,11H,5H2,1-4H3,(H,16,19). The molecule has 0 saturated heterocycles. The minimum Gasteiger partial charge on any atom is -0.325 e. The van der Waals surface area contributed by atoms with Crippen LogP contribution in [0.3, 0.4) is 0 Å². The topological polar surface area (TPSA) is 54.9 Å². The number of thioether (sulfide) groups is 2. The number of benzene rings is 1. The van der Waals surface area contributed by atoms with Crippen molar-refractivity contribution in [1.29, 1.82) is 0 Å². The number of carbonyl (C=O) groups is 1. The summed E-state index contributed by atoms with van der Waals surface area (Å²) >= 11 is 4.65. The number of nitrogens with zero attached hydrogens (tertiary/aromatic N) is 2. The normalized spacial score (nSPS) is 12.2. The van der Waals surface area contributed by atoms with Crippen molar-refractivity contribution in [2.75, 3.05) is 11.1 Å². The molecule has 0 spiro atoms. The molecular formula is C15H19N3OS3. The number of hydrogen-bond acceptors (Lipinski definition) is 6. The van der Waals surface area contributed by atoms with Crippen molar-refractivity contribution < 1.29 is 4.79 Å². The Labute approximate surface area is 143 Å². The maximum Gasteiger partial charge on any atom is 0.237 e. The van der Waals surface area contributed by atoms with Crippen molar-refractivity contribution in [1.82, 2.24) is 10.2 Å². The van der Waals surface area contributed by atoms with Gasteiger partial charge in [0.1, 0.15) is 0 Å². The van der Waals surface area contributed by atoms with E-state index >= 15 is 0 Å². The predicted octanol–water partition coefficient (Wildman–Crippen LogP) is 4.39. The van der Waals surface area contributed by atoms with Crippen LogP contribution in [-0.4, -0.2) is 27.1 Å². The van der Waals surface area contributed by atoms with E-state index in [0.717, 1.165) is 31.2 Å². The largest absolute Gasteiger partial charge is 0.325 e. The van der Waals surface area contributed by atoms with Crippen molar-refractivity contribution in [3.05, 3.63) is 29.3 Å². The molecule has 4 nitrogen and oxygen atoms in total. The molecule has 2 rings (SSSR count). The monoisotopic (exact) mass is 353 g/mol. The molecule has 118 valence electrons. The van der Waals surface area contributed by atoms with E-state index in [1.807, 2.05) is 39.0 Å². The van der Waals surface area contributed by atoms with Crippen LogP contribution in [0.5, 0.6) is 0 Å². The van der Waals surface area contributed by atoms with E-state index in [4.69, 9.17) is 0 Å². The van der Waals surface area contributed by atoms with Gasteiger partial charge in [-0.1, -0.05) is 53.9 Å². The summed E-state index contributed by atoms with van der Waals surface area (Å²) in [5.41, 5.74) is 3.07. The lowest BCUT2D eigenvalue weighted by Crippen LogP contribution is -2.22. The fourth-order valence-electron chi connectivity index (χ4n) is 1.74. The molecule has 1 N–H and O–H groups in total. The first-order valence-electron chi connectivity index (χ1n) is 7.00. The van der Waals surface area contributed by atoms with Crippen molar-refractivity contribution in [2.24, 2.45) is 0 Å². The summed E-state index contributed by atoms with van der Waals surface area (Å²) in [6.45, 7) is 7.98. The number of hydrogen-bond donors (Lipinski definition) is 1. The predicted molar refractivity (Wildman–Crippen MR) is 96.2 cm³/mol. The van der Waals surface area contributed by atoms with Gasteiger partial charge in [-0.25, -0.2) is 0 Å². The van der Waals surface area contributed by atoms with Gasteiger partial charge >= 0.3 is 0 Å². The van der Waals surface area contributed by atoms with Crippen molar-refractivity contribution in [3.8, 4) is 0 Å². The molecule has 1 atom stereocenters. The quantitative estimate of drug-likeness (QED) is 0.781. The first-order chi connectivity index (χ1) is 10.5. The number of aromatic nitrogens is 2. The van der Waals surface area contributed by atoms with Crippen LogP contribution in [0.25, 0.3) is 0 Å². The van der Waals surface area contributed by atoms with Crippen molar-refractivity contribution in [3.63, 3.8) is 0 Å². The highest BCUT2D eigenvalue weighted by Gasteiger charge is 2.18. The van der Waals surface area contributed by atoms with Crippen LogP contribution in [-0.2, 0) is 4.79 Å². The van der Waals surface area contributed by atoms with Gasteiger partial charge in [0.15, 0.2) is 8.68 Å². The first kappa shape index (κ1) is 17.3. The third-order valence-corrected chi connectivity index (χ3v) is 6.08. The Balaban J connectivity index is 1.98. The van der Waals surface area contributed by atoms with Gasteiger partial charge in [0, 0.05) is 5.69 Å². The number of anilines is 1. The molecule has 22 heavy (non-hydrogen) atoms. The van der Waals surface area contributed by atoms with Gasteiger partial charge in [-0.15, -0.1) is 10.2 Å². The highest BCUT2D eigenvalue weighted by atomic mass is 32.2. The van der Waals surface area contributed by atoms with Gasteiger partial charge < -0.3 is 5.32 Å². The van der Waals surface area contributed by atoms with E-state index in [-0.39, 0.29) is 11.2 Å². The Morgan fingerprint density at radius 2 is 2.05 bits per heavy atom. The lowest BCUT2D eigenvalue weighted by Gasteiger charge is -2.12. The summed E-state index contributed by atoms with van der Waals surface area (Å²) in [6, 6.07) is 6.05. The van der Waals surface area contributed by atoms with Crippen LogP contribution >= 0.6 is 34.9 Å². The molecule has 1 unspecified atom stereocenters. The Hall–Kier alpha value is -1.05. The summed E-state index contributed by atoms with van der Waals surface area (Å²) in [7, 11) is 0. The average Bonchev–Trinajstić information content (AvgIpc) is 2.90. The molecule has 0 saturated carbocycles. The van der Waals surface area contributed by atoms with E-state index in [1.165, 1.54) is 23.1 Å². The maximum absolute atomic E-state index is 12.3. The zero-order chi connectivity index (χ0) is 16.1. The summed E-state index contributed by atoms with van der Waals surface area (Å²) < 4.78 is 1.78. The smallest absolute Gasteiger partial charge is 0.237 e. The zero-order valence-corrected chi connectivity index (χ0v) is 15.5. The van der Waals surface area contributed by atoms with E-state index in [9.17, 15) is 4.79 Å². The average molecular weight is 354 g/mol. The van der Waals surface area contributed by atoms with Gasteiger partial charge in [0.25, 0.3) is 0 Å². The third kappa shape index (κ3) is 4.72. The van der Waals surface area contributed by atoms with Crippen LogP contribution < -0.4 is 5.32 Å². The van der Waals surface area contributed by atoms with Crippen LogP contribution in [0.1, 0.15) is 25.0 Å². The van der Waals surface area contributed by atoms with Gasteiger partial charge in [0.05, 0.1) is 5.25 Å². The van der Waals surface area contributed by atoms with Crippen molar-refractivity contribution in [2.45, 2.75) is 41.6 Å². The van der Waals surface area contributed by atoms with Crippen LogP contribution in [0, 0.1) is 13.8 Å². The Morgan fingerprint density at radius 1 is 1.32 bits per heavy atom. The summed E-state index contributed by atoms with van der Waals surface area (Å²) in [5.74, 6) is 0.959. The number of carbonyl (C=O) groups excluding carboxylic acids is 1. The molecule has 1 aromatic carbocycles. The summed E-state index contributed by atoms with van der Waals surface area (Å²) in [5, 5.41) is 11.0. The Morgan fingerprint density at radius 3 is 2.77 bits per heavy atom. The highest BCUT2D eigenvalue weighted by molar-refractivity contribution is 8.03. The van der Waals surface area contributed by atoms with E-state index in [0.29, 0.717) is 0 Å². The second-order valence-electron chi connectivity index (χ2n) is 4.83. The SMILES string of the molecule is CCSc1nnc(SC(C)C(=O)Nc2cc(C)ccc2C)s1. The second kappa shape index (κ2) is 7.99. The van der Waals surface area contributed by atoms with Gasteiger partial charge in [-0.05, 0) is 43.7 Å². The number of nitrogens with one attached hydrogen (secondary N) is 1. The molecule has 1 heterocycles. The van der Waals surface area contributed by atoms with Crippen molar-refractivity contribution >= 4 is 46.5 Å². The molecule has 7 heteroatoms. The van der Waals surface area contributed by atoms with Crippen LogP contribution in [0.2, 0.25) is 0 Å². The van der Waals surface area contributed by atoms with E-state index in [2.05, 4.69) is 22.4 Å².